The summed E-state index contributed by atoms with van der Waals surface area (Å²) in [6, 6.07) is 5.80. The summed E-state index contributed by atoms with van der Waals surface area (Å²) >= 11 is 5.86. The maximum atomic E-state index is 9.78. The van der Waals surface area contributed by atoms with E-state index >= 15 is 0 Å². The van der Waals surface area contributed by atoms with Crippen LogP contribution in [-0.2, 0) is 0 Å². The second-order valence-electron chi connectivity index (χ2n) is 3.68. The number of rotatable bonds is 1. The van der Waals surface area contributed by atoms with Crippen LogP contribution in [0.5, 0.6) is 5.75 Å². The van der Waals surface area contributed by atoms with Crippen molar-refractivity contribution in [1.29, 1.82) is 0 Å². The molecule has 14 heavy (non-hydrogen) atoms. The SMILES string of the molecule is Oc1c(Cl)cccc1[C@H]1CCCCN1. The van der Waals surface area contributed by atoms with Gasteiger partial charge >= 0.3 is 0 Å². The Morgan fingerprint density at radius 1 is 1.36 bits per heavy atom. The van der Waals surface area contributed by atoms with Crippen LogP contribution >= 0.6 is 11.6 Å². The molecule has 2 N–H and O–H groups in total. The van der Waals surface area contributed by atoms with E-state index in [0.29, 0.717) is 5.02 Å². The molecule has 76 valence electrons. The lowest BCUT2D eigenvalue weighted by Gasteiger charge is -2.24. The highest BCUT2D eigenvalue weighted by molar-refractivity contribution is 6.32. The van der Waals surface area contributed by atoms with E-state index in [9.17, 15) is 5.11 Å². The number of hydrogen-bond acceptors (Lipinski definition) is 2. The molecule has 0 radical (unpaired) electrons. The van der Waals surface area contributed by atoms with Gasteiger partial charge < -0.3 is 10.4 Å². The van der Waals surface area contributed by atoms with Gasteiger partial charge in [0.2, 0.25) is 0 Å². The van der Waals surface area contributed by atoms with Crippen molar-refractivity contribution >= 4 is 11.6 Å². The zero-order valence-corrected chi connectivity index (χ0v) is 8.72. The van der Waals surface area contributed by atoms with E-state index in [1.54, 1.807) is 6.07 Å². The maximum Gasteiger partial charge on any atom is 0.138 e. The molecule has 0 aromatic heterocycles. The van der Waals surface area contributed by atoms with Crippen LogP contribution in [0.1, 0.15) is 30.9 Å². The fourth-order valence-electron chi connectivity index (χ4n) is 1.93. The molecule has 2 rings (SSSR count). The topological polar surface area (TPSA) is 32.3 Å². The minimum Gasteiger partial charge on any atom is -0.506 e. The van der Waals surface area contributed by atoms with Crippen LogP contribution in [0.25, 0.3) is 0 Å². The standard InChI is InChI=1S/C11H14ClNO/c12-9-5-3-4-8(11(9)14)10-6-1-2-7-13-10/h3-5,10,13-14H,1-2,6-7H2/t10-/m1/s1. The van der Waals surface area contributed by atoms with Crippen molar-refractivity contribution in [2.75, 3.05) is 6.54 Å². The van der Waals surface area contributed by atoms with Gasteiger partial charge in [-0.15, -0.1) is 0 Å². The summed E-state index contributed by atoms with van der Waals surface area (Å²) in [5.74, 6) is 0.230. The Morgan fingerprint density at radius 2 is 2.21 bits per heavy atom. The summed E-state index contributed by atoms with van der Waals surface area (Å²) in [6.45, 7) is 1.02. The van der Waals surface area contributed by atoms with Crippen molar-refractivity contribution in [1.82, 2.24) is 5.32 Å². The summed E-state index contributed by atoms with van der Waals surface area (Å²) in [5.41, 5.74) is 0.928. The molecule has 0 saturated carbocycles. The smallest absolute Gasteiger partial charge is 0.138 e. The first-order valence-corrected chi connectivity index (χ1v) is 5.37. The van der Waals surface area contributed by atoms with Crippen LogP contribution in [0.2, 0.25) is 5.02 Å². The molecule has 1 aromatic carbocycles. The van der Waals surface area contributed by atoms with Crippen molar-refractivity contribution in [3.05, 3.63) is 28.8 Å². The first-order valence-electron chi connectivity index (χ1n) is 5.00. The molecular formula is C11H14ClNO. The van der Waals surface area contributed by atoms with Gasteiger partial charge in [-0.1, -0.05) is 30.2 Å². The van der Waals surface area contributed by atoms with E-state index in [2.05, 4.69) is 5.32 Å². The molecule has 1 aromatic rings. The molecular weight excluding hydrogens is 198 g/mol. The van der Waals surface area contributed by atoms with Gasteiger partial charge in [0.05, 0.1) is 5.02 Å². The monoisotopic (exact) mass is 211 g/mol. The first kappa shape index (κ1) is 9.81. The highest BCUT2D eigenvalue weighted by Gasteiger charge is 2.18. The third kappa shape index (κ3) is 1.86. The zero-order valence-electron chi connectivity index (χ0n) is 7.96. The Labute approximate surface area is 88.9 Å². The number of piperidine rings is 1. The Bertz CT molecular complexity index is 321. The minimum absolute atomic E-state index is 0.230. The molecule has 0 amide bonds. The molecule has 0 spiro atoms. The predicted molar refractivity (Wildman–Crippen MR) is 57.7 cm³/mol. The maximum absolute atomic E-state index is 9.78. The number of halogens is 1. The van der Waals surface area contributed by atoms with Crippen molar-refractivity contribution in [3.63, 3.8) is 0 Å². The molecule has 3 heteroatoms. The zero-order chi connectivity index (χ0) is 9.97. The molecule has 1 heterocycles. The number of para-hydroxylation sites is 1. The molecule has 1 atom stereocenters. The number of aromatic hydroxyl groups is 1. The number of phenols is 1. The van der Waals surface area contributed by atoms with Crippen molar-refractivity contribution in [3.8, 4) is 5.75 Å². The van der Waals surface area contributed by atoms with E-state index in [4.69, 9.17) is 11.6 Å². The van der Waals surface area contributed by atoms with Gasteiger partial charge in [-0.05, 0) is 25.5 Å². The quantitative estimate of drug-likeness (QED) is 0.749. The fraction of sp³-hybridized carbons (Fsp3) is 0.455. The van der Waals surface area contributed by atoms with Crippen molar-refractivity contribution in [2.24, 2.45) is 0 Å². The molecule has 1 aliphatic heterocycles. The molecule has 2 nitrogen and oxygen atoms in total. The van der Waals surface area contributed by atoms with Crippen LogP contribution in [0.15, 0.2) is 18.2 Å². The number of nitrogens with one attached hydrogen (secondary N) is 1. The third-order valence-electron chi connectivity index (χ3n) is 2.70. The van der Waals surface area contributed by atoms with Gasteiger partial charge in [0, 0.05) is 11.6 Å². The van der Waals surface area contributed by atoms with Gasteiger partial charge in [-0.2, -0.15) is 0 Å². The average Bonchev–Trinajstić information content (AvgIpc) is 2.23. The van der Waals surface area contributed by atoms with Crippen LogP contribution in [0, 0.1) is 0 Å². The van der Waals surface area contributed by atoms with E-state index in [1.807, 2.05) is 12.1 Å². The largest absolute Gasteiger partial charge is 0.506 e. The second-order valence-corrected chi connectivity index (χ2v) is 4.09. The minimum atomic E-state index is 0.230. The highest BCUT2D eigenvalue weighted by Crippen LogP contribution is 2.34. The molecule has 1 fully saturated rings. The molecule has 1 saturated heterocycles. The summed E-state index contributed by atoms with van der Waals surface area (Å²) in [4.78, 5) is 0. The van der Waals surface area contributed by atoms with Crippen LogP contribution < -0.4 is 5.32 Å². The van der Waals surface area contributed by atoms with E-state index in [-0.39, 0.29) is 11.8 Å². The van der Waals surface area contributed by atoms with Crippen LogP contribution in [0.3, 0.4) is 0 Å². The Kier molecular flexibility index (Phi) is 2.94. The summed E-state index contributed by atoms with van der Waals surface area (Å²) < 4.78 is 0. The number of hydrogen-bond donors (Lipinski definition) is 2. The average molecular weight is 212 g/mol. The van der Waals surface area contributed by atoms with Gasteiger partial charge in [0.25, 0.3) is 0 Å². The number of benzene rings is 1. The summed E-state index contributed by atoms with van der Waals surface area (Å²) in [7, 11) is 0. The first-order chi connectivity index (χ1) is 6.79. The van der Waals surface area contributed by atoms with Gasteiger partial charge in [0.1, 0.15) is 5.75 Å². The van der Waals surface area contributed by atoms with Gasteiger partial charge in [-0.3, -0.25) is 0 Å². The normalized spacial score (nSPS) is 22.2. The lowest BCUT2D eigenvalue weighted by Crippen LogP contribution is -2.26. The van der Waals surface area contributed by atoms with Gasteiger partial charge in [-0.25, -0.2) is 0 Å². The molecule has 1 aliphatic rings. The summed E-state index contributed by atoms with van der Waals surface area (Å²) in [6.07, 6.45) is 3.51. The molecule has 0 unspecified atom stereocenters. The van der Waals surface area contributed by atoms with E-state index in [0.717, 1.165) is 18.5 Å². The van der Waals surface area contributed by atoms with Crippen molar-refractivity contribution in [2.45, 2.75) is 25.3 Å². The summed E-state index contributed by atoms with van der Waals surface area (Å²) in [5, 5.41) is 13.6. The van der Waals surface area contributed by atoms with E-state index < -0.39 is 0 Å². The highest BCUT2D eigenvalue weighted by atomic mass is 35.5. The predicted octanol–water partition coefficient (Wildman–Crippen LogP) is 2.86. The fourth-order valence-corrected chi connectivity index (χ4v) is 2.11. The Hall–Kier alpha value is -0.730. The van der Waals surface area contributed by atoms with Gasteiger partial charge in [0.15, 0.2) is 0 Å². The Morgan fingerprint density at radius 3 is 2.93 bits per heavy atom. The second kappa shape index (κ2) is 4.20. The molecule has 0 bridgehead atoms. The van der Waals surface area contributed by atoms with Crippen molar-refractivity contribution < 1.29 is 5.11 Å². The molecule has 0 aliphatic carbocycles. The Balaban J connectivity index is 2.26. The lowest BCUT2D eigenvalue weighted by atomic mass is 9.97. The van der Waals surface area contributed by atoms with Crippen LogP contribution in [-0.4, -0.2) is 11.7 Å². The lowest BCUT2D eigenvalue weighted by molar-refractivity contribution is 0.391. The van der Waals surface area contributed by atoms with Crippen LogP contribution in [0.4, 0.5) is 0 Å². The third-order valence-corrected chi connectivity index (χ3v) is 3.01. The number of phenolic OH excluding ortho intramolecular Hbond substituents is 1. The van der Waals surface area contributed by atoms with E-state index in [1.165, 1.54) is 12.8 Å².